The number of hydrogen-bond acceptors (Lipinski definition) is 7. The zero-order chi connectivity index (χ0) is 20.5. The summed E-state index contributed by atoms with van der Waals surface area (Å²) in [5, 5.41) is 4.36. The van der Waals surface area contributed by atoms with E-state index in [4.69, 9.17) is 14.2 Å². The SMILES string of the molecule is COc1ccccc1C=CC=c1sc2nc(C3COc4ccccc4O3)nn2c1=O. The number of fused-ring (bicyclic) bond motifs is 2. The number of methoxy groups -OCH3 is 1. The Morgan fingerprint density at radius 1 is 1.17 bits per heavy atom. The van der Waals surface area contributed by atoms with E-state index >= 15 is 0 Å². The van der Waals surface area contributed by atoms with Crippen LogP contribution < -0.4 is 24.3 Å². The second kappa shape index (κ2) is 7.64. The van der Waals surface area contributed by atoms with Crippen molar-refractivity contribution >= 4 is 28.4 Å². The Bertz CT molecular complexity index is 1360. The van der Waals surface area contributed by atoms with Crippen molar-refractivity contribution in [2.24, 2.45) is 0 Å². The molecule has 0 bridgehead atoms. The summed E-state index contributed by atoms with van der Waals surface area (Å²) in [5.74, 6) is 2.54. The molecule has 3 heterocycles. The number of hydrogen-bond donors (Lipinski definition) is 0. The number of allylic oxidation sites excluding steroid dienone is 1. The number of aromatic nitrogens is 3. The van der Waals surface area contributed by atoms with Crippen LogP contribution in [0.15, 0.2) is 59.4 Å². The molecule has 2 aromatic carbocycles. The van der Waals surface area contributed by atoms with Crippen molar-refractivity contribution in [3.05, 3.63) is 80.9 Å². The summed E-state index contributed by atoms with van der Waals surface area (Å²) < 4.78 is 18.8. The topological polar surface area (TPSA) is 74.9 Å². The number of benzene rings is 2. The molecular weight excluding hydrogens is 402 g/mol. The molecule has 0 N–H and O–H groups in total. The first kappa shape index (κ1) is 18.4. The lowest BCUT2D eigenvalue weighted by molar-refractivity contribution is 0.0852. The quantitative estimate of drug-likeness (QED) is 0.506. The van der Waals surface area contributed by atoms with Gasteiger partial charge in [-0.3, -0.25) is 4.79 Å². The Kier molecular flexibility index (Phi) is 4.68. The summed E-state index contributed by atoms with van der Waals surface area (Å²) in [6, 6.07) is 15.1. The molecule has 0 saturated carbocycles. The Labute approximate surface area is 175 Å². The molecule has 1 unspecified atom stereocenters. The van der Waals surface area contributed by atoms with Crippen LogP contribution >= 0.6 is 11.3 Å². The van der Waals surface area contributed by atoms with Gasteiger partial charge in [0.2, 0.25) is 4.96 Å². The molecule has 5 rings (SSSR count). The third-order valence-electron chi connectivity index (χ3n) is 4.66. The molecule has 4 aromatic rings. The highest BCUT2D eigenvalue weighted by atomic mass is 32.1. The van der Waals surface area contributed by atoms with Crippen LogP contribution in [-0.4, -0.2) is 28.3 Å². The summed E-state index contributed by atoms with van der Waals surface area (Å²) >= 11 is 1.28. The van der Waals surface area contributed by atoms with Gasteiger partial charge < -0.3 is 14.2 Å². The second-order valence-corrected chi connectivity index (χ2v) is 7.58. The number of ether oxygens (including phenoxy) is 3. The van der Waals surface area contributed by atoms with Gasteiger partial charge in [0.05, 0.1) is 11.6 Å². The Balaban J connectivity index is 1.41. The molecule has 150 valence electrons. The highest BCUT2D eigenvalue weighted by Crippen LogP contribution is 2.35. The number of thiazole rings is 1. The van der Waals surface area contributed by atoms with Gasteiger partial charge in [-0.05, 0) is 24.3 Å². The minimum absolute atomic E-state index is 0.212. The smallest absolute Gasteiger partial charge is 0.291 e. The van der Waals surface area contributed by atoms with Gasteiger partial charge >= 0.3 is 0 Å². The van der Waals surface area contributed by atoms with E-state index in [2.05, 4.69) is 10.1 Å². The zero-order valence-electron chi connectivity index (χ0n) is 16.0. The minimum atomic E-state index is -0.454. The highest BCUT2D eigenvalue weighted by Gasteiger charge is 2.26. The predicted octanol–water partition coefficient (Wildman–Crippen LogP) is 2.88. The van der Waals surface area contributed by atoms with Crippen molar-refractivity contribution < 1.29 is 14.2 Å². The molecule has 0 saturated heterocycles. The zero-order valence-corrected chi connectivity index (χ0v) is 16.8. The van der Waals surface area contributed by atoms with Crippen LogP contribution in [0.2, 0.25) is 0 Å². The predicted molar refractivity (Wildman–Crippen MR) is 114 cm³/mol. The van der Waals surface area contributed by atoms with Crippen LogP contribution in [0, 0.1) is 0 Å². The summed E-state index contributed by atoms with van der Waals surface area (Å²) in [6.45, 7) is 0.295. The highest BCUT2D eigenvalue weighted by molar-refractivity contribution is 7.15. The maximum atomic E-state index is 12.7. The molecule has 0 aliphatic carbocycles. The lowest BCUT2D eigenvalue weighted by Gasteiger charge is -2.24. The van der Waals surface area contributed by atoms with Gasteiger partial charge in [0.25, 0.3) is 5.56 Å². The minimum Gasteiger partial charge on any atom is -0.496 e. The second-order valence-electron chi connectivity index (χ2n) is 6.57. The molecule has 1 aliphatic heterocycles. The Morgan fingerprint density at radius 2 is 1.97 bits per heavy atom. The van der Waals surface area contributed by atoms with Crippen LogP contribution in [0.4, 0.5) is 0 Å². The van der Waals surface area contributed by atoms with Gasteiger partial charge in [-0.1, -0.05) is 53.8 Å². The third kappa shape index (κ3) is 3.31. The van der Waals surface area contributed by atoms with Crippen molar-refractivity contribution in [1.82, 2.24) is 14.6 Å². The van der Waals surface area contributed by atoms with Gasteiger partial charge in [0, 0.05) is 5.56 Å². The van der Waals surface area contributed by atoms with Crippen LogP contribution in [-0.2, 0) is 0 Å². The Morgan fingerprint density at radius 3 is 2.80 bits per heavy atom. The molecule has 30 heavy (non-hydrogen) atoms. The normalized spacial score (nSPS) is 16.4. The fourth-order valence-corrected chi connectivity index (χ4v) is 4.06. The number of para-hydroxylation sites is 3. The largest absolute Gasteiger partial charge is 0.496 e. The lowest BCUT2D eigenvalue weighted by atomic mass is 10.2. The fourth-order valence-electron chi connectivity index (χ4n) is 3.19. The van der Waals surface area contributed by atoms with E-state index in [1.807, 2.05) is 60.7 Å². The van der Waals surface area contributed by atoms with Gasteiger partial charge in [-0.2, -0.15) is 9.50 Å². The molecule has 0 amide bonds. The summed E-state index contributed by atoms with van der Waals surface area (Å²) in [5.41, 5.74) is 0.718. The van der Waals surface area contributed by atoms with Crippen LogP contribution in [0.25, 0.3) is 17.1 Å². The number of nitrogens with zero attached hydrogens (tertiary/aromatic N) is 3. The molecule has 2 aromatic heterocycles. The van der Waals surface area contributed by atoms with E-state index in [-0.39, 0.29) is 5.56 Å². The monoisotopic (exact) mass is 419 g/mol. The average molecular weight is 419 g/mol. The molecule has 8 heteroatoms. The molecular formula is C22H17N3O4S. The molecule has 0 radical (unpaired) electrons. The first-order chi connectivity index (χ1) is 14.7. The van der Waals surface area contributed by atoms with Crippen molar-refractivity contribution in [3.63, 3.8) is 0 Å². The van der Waals surface area contributed by atoms with E-state index in [0.29, 0.717) is 33.4 Å². The van der Waals surface area contributed by atoms with Gasteiger partial charge in [-0.15, -0.1) is 5.10 Å². The van der Waals surface area contributed by atoms with E-state index in [1.54, 1.807) is 13.2 Å². The third-order valence-corrected chi connectivity index (χ3v) is 5.63. The fraction of sp³-hybridized carbons (Fsp3) is 0.136. The molecule has 7 nitrogen and oxygen atoms in total. The van der Waals surface area contributed by atoms with Crippen molar-refractivity contribution in [2.45, 2.75) is 6.10 Å². The maximum absolute atomic E-state index is 12.7. The van der Waals surface area contributed by atoms with Crippen molar-refractivity contribution in [1.29, 1.82) is 0 Å². The summed E-state index contributed by atoms with van der Waals surface area (Å²) in [7, 11) is 1.63. The van der Waals surface area contributed by atoms with E-state index in [9.17, 15) is 4.79 Å². The average Bonchev–Trinajstić information content (AvgIpc) is 3.33. The van der Waals surface area contributed by atoms with E-state index < -0.39 is 6.10 Å². The van der Waals surface area contributed by atoms with Gasteiger partial charge in [0.1, 0.15) is 12.4 Å². The van der Waals surface area contributed by atoms with Gasteiger partial charge in [0.15, 0.2) is 23.4 Å². The van der Waals surface area contributed by atoms with Crippen molar-refractivity contribution in [3.8, 4) is 17.2 Å². The first-order valence-electron chi connectivity index (χ1n) is 9.32. The van der Waals surface area contributed by atoms with E-state index in [1.165, 1.54) is 15.9 Å². The Hall–Kier alpha value is -3.65. The van der Waals surface area contributed by atoms with Crippen LogP contribution in [0.1, 0.15) is 17.5 Å². The van der Waals surface area contributed by atoms with Crippen LogP contribution in [0.5, 0.6) is 17.2 Å². The molecule has 0 spiro atoms. The molecule has 1 atom stereocenters. The first-order valence-corrected chi connectivity index (χ1v) is 10.1. The van der Waals surface area contributed by atoms with Gasteiger partial charge in [-0.25, -0.2) is 0 Å². The number of rotatable bonds is 4. The molecule has 1 aliphatic rings. The van der Waals surface area contributed by atoms with E-state index in [0.717, 1.165) is 11.3 Å². The molecule has 0 fully saturated rings. The summed E-state index contributed by atoms with van der Waals surface area (Å²) in [4.78, 5) is 17.7. The maximum Gasteiger partial charge on any atom is 0.291 e. The van der Waals surface area contributed by atoms with Crippen LogP contribution in [0.3, 0.4) is 0 Å². The summed E-state index contributed by atoms with van der Waals surface area (Å²) in [6.07, 6.45) is 5.01. The standard InChI is InChI=1S/C22H17N3O4S/c1-27-15-9-3-2-7-14(15)8-6-12-19-21(26)25-22(30-19)23-20(24-25)18-13-28-16-10-4-5-11-17(16)29-18/h2-12,18H,13H2,1H3. The van der Waals surface area contributed by atoms with Crippen molar-refractivity contribution in [2.75, 3.05) is 13.7 Å². The lowest BCUT2D eigenvalue weighted by Crippen LogP contribution is -2.25.